The van der Waals surface area contributed by atoms with Crippen LogP contribution in [0.2, 0.25) is 0 Å². The lowest BCUT2D eigenvalue weighted by atomic mass is 10.1. The number of nitriles is 1. The zero-order valence-electron chi connectivity index (χ0n) is 10.8. The fourth-order valence-electron chi connectivity index (χ4n) is 1.87. The van der Waals surface area contributed by atoms with Crippen molar-refractivity contribution in [2.24, 2.45) is 0 Å². The zero-order chi connectivity index (χ0) is 14.7. The number of hydrogen-bond acceptors (Lipinski definition) is 3. The Labute approximate surface area is 125 Å². The monoisotopic (exact) mass is 329 g/mol. The molecule has 0 heterocycles. The number of carbonyl (C=O) groups is 1. The van der Waals surface area contributed by atoms with Crippen molar-refractivity contribution in [2.75, 3.05) is 11.1 Å². The molecular weight excluding hydrogens is 318 g/mol. The molecule has 0 atom stereocenters. The highest BCUT2D eigenvalue weighted by atomic mass is 79.9. The van der Waals surface area contributed by atoms with Crippen molar-refractivity contribution < 1.29 is 4.79 Å². The minimum Gasteiger partial charge on any atom is -0.398 e. The highest BCUT2D eigenvalue weighted by molar-refractivity contribution is 9.10. The van der Waals surface area contributed by atoms with E-state index in [9.17, 15) is 4.79 Å². The molecule has 2 aromatic carbocycles. The van der Waals surface area contributed by atoms with Gasteiger partial charge in [0.2, 0.25) is 0 Å². The van der Waals surface area contributed by atoms with Crippen molar-refractivity contribution in [1.82, 2.24) is 0 Å². The summed E-state index contributed by atoms with van der Waals surface area (Å²) < 4.78 is 0.650. The Morgan fingerprint density at radius 2 is 2.10 bits per heavy atom. The number of halogens is 1. The Kier molecular flexibility index (Phi) is 4.06. The van der Waals surface area contributed by atoms with Crippen molar-refractivity contribution in [3.8, 4) is 6.07 Å². The smallest absolute Gasteiger partial charge is 0.258 e. The van der Waals surface area contributed by atoms with E-state index in [1.165, 1.54) is 0 Å². The summed E-state index contributed by atoms with van der Waals surface area (Å²) in [6, 6.07) is 12.3. The van der Waals surface area contributed by atoms with Gasteiger partial charge in [-0.2, -0.15) is 5.26 Å². The number of aryl methyl sites for hydroxylation is 1. The van der Waals surface area contributed by atoms with Gasteiger partial charge in [0, 0.05) is 10.2 Å². The third-order valence-corrected chi connectivity index (χ3v) is 3.53. The summed E-state index contributed by atoms with van der Waals surface area (Å²) in [7, 11) is 0. The maximum atomic E-state index is 12.3. The van der Waals surface area contributed by atoms with Gasteiger partial charge in [0.15, 0.2) is 0 Å². The van der Waals surface area contributed by atoms with E-state index >= 15 is 0 Å². The summed E-state index contributed by atoms with van der Waals surface area (Å²) in [5.74, 6) is -0.272. The van der Waals surface area contributed by atoms with Crippen LogP contribution in [0, 0.1) is 18.3 Å². The summed E-state index contributed by atoms with van der Waals surface area (Å²) in [5.41, 5.74) is 8.67. The van der Waals surface area contributed by atoms with Gasteiger partial charge < -0.3 is 11.1 Å². The molecular formula is C15H12BrN3O. The summed E-state index contributed by atoms with van der Waals surface area (Å²) in [4.78, 5) is 12.3. The Morgan fingerprint density at radius 3 is 2.70 bits per heavy atom. The number of nitrogens with one attached hydrogen (secondary N) is 1. The van der Waals surface area contributed by atoms with E-state index in [2.05, 4.69) is 21.2 Å². The van der Waals surface area contributed by atoms with Crippen LogP contribution in [0.15, 0.2) is 40.9 Å². The van der Waals surface area contributed by atoms with Crippen LogP contribution >= 0.6 is 15.9 Å². The lowest BCUT2D eigenvalue weighted by molar-refractivity contribution is 0.102. The number of rotatable bonds is 2. The highest BCUT2D eigenvalue weighted by Crippen LogP contribution is 2.25. The van der Waals surface area contributed by atoms with E-state index in [4.69, 9.17) is 11.0 Å². The van der Waals surface area contributed by atoms with Crippen molar-refractivity contribution in [1.29, 1.82) is 5.26 Å². The quantitative estimate of drug-likeness (QED) is 0.828. The maximum Gasteiger partial charge on any atom is 0.258 e. The first-order valence-electron chi connectivity index (χ1n) is 5.89. The van der Waals surface area contributed by atoms with Crippen LogP contribution in [0.4, 0.5) is 11.4 Å². The molecule has 2 rings (SSSR count). The van der Waals surface area contributed by atoms with Crippen molar-refractivity contribution in [3.63, 3.8) is 0 Å². The van der Waals surface area contributed by atoms with Crippen LogP contribution in [0.5, 0.6) is 0 Å². The van der Waals surface area contributed by atoms with Gasteiger partial charge in [-0.1, -0.05) is 12.1 Å². The number of nitrogens with zero attached hydrogens (tertiary/aromatic N) is 1. The molecule has 0 fully saturated rings. The van der Waals surface area contributed by atoms with Crippen LogP contribution in [0.25, 0.3) is 0 Å². The van der Waals surface area contributed by atoms with Gasteiger partial charge >= 0.3 is 0 Å². The predicted octanol–water partition coefficient (Wildman–Crippen LogP) is 3.46. The Bertz CT molecular complexity index is 699. The molecule has 0 aliphatic heterocycles. The van der Waals surface area contributed by atoms with E-state index < -0.39 is 0 Å². The molecule has 0 aliphatic carbocycles. The molecule has 0 saturated carbocycles. The van der Waals surface area contributed by atoms with Crippen LogP contribution in [-0.2, 0) is 0 Å². The first-order chi connectivity index (χ1) is 9.52. The topological polar surface area (TPSA) is 78.9 Å². The molecule has 0 saturated heterocycles. The molecule has 0 bridgehead atoms. The van der Waals surface area contributed by atoms with Crippen molar-refractivity contribution in [3.05, 3.63) is 57.6 Å². The number of anilines is 2. The Hall–Kier alpha value is -2.32. The maximum absolute atomic E-state index is 12.3. The molecule has 0 aromatic heterocycles. The second kappa shape index (κ2) is 5.76. The van der Waals surface area contributed by atoms with E-state index in [1.54, 1.807) is 30.3 Å². The van der Waals surface area contributed by atoms with Gasteiger partial charge in [0.05, 0.1) is 22.9 Å². The van der Waals surface area contributed by atoms with Gasteiger partial charge in [0.1, 0.15) is 0 Å². The Morgan fingerprint density at radius 1 is 1.35 bits per heavy atom. The molecule has 100 valence electrons. The van der Waals surface area contributed by atoms with E-state index in [0.717, 1.165) is 5.56 Å². The molecule has 20 heavy (non-hydrogen) atoms. The number of nitrogen functional groups attached to an aromatic ring is 1. The Balaban J connectivity index is 2.31. The van der Waals surface area contributed by atoms with E-state index in [0.29, 0.717) is 27.0 Å². The van der Waals surface area contributed by atoms with Gasteiger partial charge in [-0.15, -0.1) is 0 Å². The molecule has 0 radical (unpaired) electrons. The summed E-state index contributed by atoms with van der Waals surface area (Å²) in [6.45, 7) is 1.83. The minimum atomic E-state index is -0.272. The summed E-state index contributed by atoms with van der Waals surface area (Å²) >= 11 is 3.33. The van der Waals surface area contributed by atoms with Crippen LogP contribution in [0.3, 0.4) is 0 Å². The lowest BCUT2D eigenvalue weighted by Crippen LogP contribution is -2.15. The third-order valence-electron chi connectivity index (χ3n) is 2.88. The van der Waals surface area contributed by atoms with E-state index in [-0.39, 0.29) is 5.91 Å². The van der Waals surface area contributed by atoms with Crippen molar-refractivity contribution in [2.45, 2.75) is 6.92 Å². The van der Waals surface area contributed by atoms with Crippen LogP contribution in [-0.4, -0.2) is 5.91 Å². The van der Waals surface area contributed by atoms with Gasteiger partial charge in [0.25, 0.3) is 5.91 Å². The molecule has 2 aromatic rings. The third kappa shape index (κ3) is 2.81. The lowest BCUT2D eigenvalue weighted by Gasteiger charge is -2.11. The van der Waals surface area contributed by atoms with Gasteiger partial charge in [-0.05, 0) is 52.7 Å². The second-order valence-corrected chi connectivity index (χ2v) is 5.15. The molecule has 4 nitrogen and oxygen atoms in total. The summed E-state index contributed by atoms with van der Waals surface area (Å²) in [5, 5.41) is 11.6. The number of carbonyl (C=O) groups excluding carboxylic acids is 1. The summed E-state index contributed by atoms with van der Waals surface area (Å²) in [6.07, 6.45) is 0. The molecule has 0 aliphatic rings. The van der Waals surface area contributed by atoms with E-state index in [1.807, 2.05) is 19.1 Å². The second-order valence-electron chi connectivity index (χ2n) is 4.30. The predicted molar refractivity (Wildman–Crippen MR) is 82.4 cm³/mol. The minimum absolute atomic E-state index is 0.272. The normalized spacial score (nSPS) is 9.85. The molecule has 0 spiro atoms. The van der Waals surface area contributed by atoms with Gasteiger partial charge in [-0.25, -0.2) is 0 Å². The number of hydrogen-bond donors (Lipinski definition) is 2. The number of benzene rings is 2. The number of nitrogens with two attached hydrogens (primary N) is 1. The molecule has 3 N–H and O–H groups in total. The highest BCUT2D eigenvalue weighted by Gasteiger charge is 2.14. The van der Waals surface area contributed by atoms with Crippen LogP contribution in [0.1, 0.15) is 21.5 Å². The standard InChI is InChI=1S/C15H12BrN3O/c1-9-3-2-4-12(18)14(9)15(20)19-13-6-5-10(8-17)7-11(13)16/h2-7H,18H2,1H3,(H,19,20). The average molecular weight is 330 g/mol. The first kappa shape index (κ1) is 14.1. The molecule has 5 heteroatoms. The van der Waals surface area contributed by atoms with Crippen molar-refractivity contribution >= 4 is 33.2 Å². The first-order valence-corrected chi connectivity index (χ1v) is 6.68. The van der Waals surface area contributed by atoms with Crippen LogP contribution < -0.4 is 11.1 Å². The fourth-order valence-corrected chi connectivity index (χ4v) is 2.35. The van der Waals surface area contributed by atoms with Gasteiger partial charge in [-0.3, -0.25) is 4.79 Å². The number of amides is 1. The SMILES string of the molecule is Cc1cccc(N)c1C(=O)Nc1ccc(C#N)cc1Br. The average Bonchev–Trinajstić information content (AvgIpc) is 2.41. The molecule has 1 amide bonds. The largest absolute Gasteiger partial charge is 0.398 e. The zero-order valence-corrected chi connectivity index (χ0v) is 12.4. The fraction of sp³-hybridized carbons (Fsp3) is 0.0667. The molecule has 0 unspecified atom stereocenters.